The number of nitrogens with one attached hydrogen (secondary N) is 1. The number of ether oxygens (including phenoxy) is 1. The quantitative estimate of drug-likeness (QED) is 0.827. The van der Waals surface area contributed by atoms with Gasteiger partial charge in [0.15, 0.2) is 0 Å². The molecule has 3 aliphatic rings. The van der Waals surface area contributed by atoms with Crippen LogP contribution in [0.25, 0.3) is 0 Å². The largest absolute Gasteiger partial charge is 0.416 e. The van der Waals surface area contributed by atoms with Gasteiger partial charge in [-0.25, -0.2) is 0 Å². The maximum absolute atomic E-state index is 12.9. The molecule has 1 aromatic rings. The summed E-state index contributed by atoms with van der Waals surface area (Å²) in [6.07, 6.45) is 0.205. The SMILES string of the molecule is O=C(NCC(c1ccc(C(F)(F)F)cc1)N1CCOCC1)C1CC2CCC1C2. The van der Waals surface area contributed by atoms with E-state index in [-0.39, 0.29) is 17.9 Å². The molecule has 1 saturated heterocycles. The lowest BCUT2D eigenvalue weighted by Gasteiger charge is -2.35. The van der Waals surface area contributed by atoms with E-state index in [1.807, 2.05) is 0 Å². The predicted molar refractivity (Wildman–Crippen MR) is 98.5 cm³/mol. The van der Waals surface area contributed by atoms with Gasteiger partial charge >= 0.3 is 6.18 Å². The number of alkyl halides is 3. The summed E-state index contributed by atoms with van der Waals surface area (Å²) >= 11 is 0. The third-order valence-electron chi connectivity index (χ3n) is 6.65. The fourth-order valence-electron chi connectivity index (χ4n) is 5.14. The maximum atomic E-state index is 12.9. The van der Waals surface area contributed by atoms with E-state index in [9.17, 15) is 18.0 Å². The molecule has 7 heteroatoms. The molecular weight excluding hydrogens is 369 g/mol. The van der Waals surface area contributed by atoms with Crippen LogP contribution in [-0.4, -0.2) is 43.7 Å². The molecule has 0 radical (unpaired) electrons. The lowest BCUT2D eigenvalue weighted by molar-refractivity contribution is -0.137. The summed E-state index contributed by atoms with van der Waals surface area (Å²) in [5.41, 5.74) is 0.145. The van der Waals surface area contributed by atoms with Gasteiger partial charge in [-0.15, -0.1) is 0 Å². The monoisotopic (exact) mass is 396 g/mol. The van der Waals surface area contributed by atoms with Crippen LogP contribution in [0, 0.1) is 17.8 Å². The van der Waals surface area contributed by atoms with E-state index in [0.29, 0.717) is 44.7 Å². The second-order valence-corrected chi connectivity index (χ2v) is 8.31. The molecule has 4 nitrogen and oxygen atoms in total. The Kier molecular flexibility index (Phi) is 5.65. The highest BCUT2D eigenvalue weighted by molar-refractivity contribution is 5.79. The van der Waals surface area contributed by atoms with Crippen molar-refractivity contribution in [1.82, 2.24) is 10.2 Å². The normalized spacial score (nSPS) is 29.0. The second kappa shape index (κ2) is 8.03. The summed E-state index contributed by atoms with van der Waals surface area (Å²) in [7, 11) is 0. The molecule has 4 rings (SSSR count). The molecule has 0 aromatic heterocycles. The van der Waals surface area contributed by atoms with Gasteiger partial charge in [0.25, 0.3) is 0 Å². The molecule has 2 bridgehead atoms. The lowest BCUT2D eigenvalue weighted by Crippen LogP contribution is -2.45. The molecule has 154 valence electrons. The van der Waals surface area contributed by atoms with Gasteiger partial charge in [0.2, 0.25) is 5.91 Å². The molecule has 1 aromatic carbocycles. The first kappa shape index (κ1) is 19.7. The summed E-state index contributed by atoms with van der Waals surface area (Å²) in [4.78, 5) is 14.9. The zero-order valence-electron chi connectivity index (χ0n) is 15.9. The van der Waals surface area contributed by atoms with Crippen LogP contribution >= 0.6 is 0 Å². The molecule has 1 N–H and O–H groups in total. The van der Waals surface area contributed by atoms with E-state index < -0.39 is 11.7 Å². The average Bonchev–Trinajstić information content (AvgIpc) is 3.32. The lowest BCUT2D eigenvalue weighted by atomic mass is 9.88. The highest BCUT2D eigenvalue weighted by atomic mass is 19.4. The molecule has 3 fully saturated rings. The third kappa shape index (κ3) is 4.20. The minimum absolute atomic E-state index is 0.108. The molecular formula is C21H27F3N2O2. The first-order valence-electron chi connectivity index (χ1n) is 10.2. The van der Waals surface area contributed by atoms with Crippen molar-refractivity contribution >= 4 is 5.91 Å². The van der Waals surface area contributed by atoms with Crippen LogP contribution in [0.2, 0.25) is 0 Å². The molecule has 0 spiro atoms. The van der Waals surface area contributed by atoms with Crippen molar-refractivity contribution in [3.63, 3.8) is 0 Å². The van der Waals surface area contributed by atoms with E-state index >= 15 is 0 Å². The van der Waals surface area contributed by atoms with E-state index in [1.54, 1.807) is 0 Å². The summed E-state index contributed by atoms with van der Waals surface area (Å²) in [6, 6.07) is 5.18. The predicted octanol–water partition coefficient (Wildman–Crippen LogP) is 3.63. The van der Waals surface area contributed by atoms with E-state index in [4.69, 9.17) is 4.74 Å². The fourth-order valence-corrected chi connectivity index (χ4v) is 5.14. The van der Waals surface area contributed by atoms with Crippen molar-refractivity contribution in [3.05, 3.63) is 35.4 Å². The number of halogens is 3. The molecule has 1 aliphatic heterocycles. The van der Waals surface area contributed by atoms with Crippen molar-refractivity contribution in [3.8, 4) is 0 Å². The third-order valence-corrected chi connectivity index (χ3v) is 6.65. The molecule has 1 amide bonds. The molecule has 2 saturated carbocycles. The van der Waals surface area contributed by atoms with Crippen molar-refractivity contribution in [1.29, 1.82) is 0 Å². The number of hydrogen-bond donors (Lipinski definition) is 1. The summed E-state index contributed by atoms with van der Waals surface area (Å²) < 4.78 is 44.1. The fraction of sp³-hybridized carbons (Fsp3) is 0.667. The van der Waals surface area contributed by atoms with Gasteiger partial charge in [-0.2, -0.15) is 13.2 Å². The Morgan fingerprint density at radius 1 is 1.14 bits per heavy atom. The summed E-state index contributed by atoms with van der Waals surface area (Å²) in [5, 5.41) is 3.11. The molecule has 2 aliphatic carbocycles. The summed E-state index contributed by atoms with van der Waals surface area (Å²) in [5.74, 6) is 1.43. The zero-order chi connectivity index (χ0) is 19.7. The van der Waals surface area contributed by atoms with E-state index in [0.717, 1.165) is 30.5 Å². The number of morpholine rings is 1. The Hall–Kier alpha value is -1.60. The molecule has 4 unspecified atom stereocenters. The van der Waals surface area contributed by atoms with Gasteiger partial charge in [-0.3, -0.25) is 9.69 Å². The van der Waals surface area contributed by atoms with Gasteiger partial charge in [-0.05, 0) is 48.8 Å². The van der Waals surface area contributed by atoms with Gasteiger partial charge in [0.1, 0.15) is 0 Å². The van der Waals surface area contributed by atoms with Crippen LogP contribution in [0.15, 0.2) is 24.3 Å². The van der Waals surface area contributed by atoms with Crippen LogP contribution in [0.1, 0.15) is 42.9 Å². The molecule has 4 atom stereocenters. The van der Waals surface area contributed by atoms with Crippen LogP contribution in [0.4, 0.5) is 13.2 Å². The number of nitrogens with zero attached hydrogens (tertiary/aromatic N) is 1. The number of amides is 1. The van der Waals surface area contributed by atoms with Crippen molar-refractivity contribution in [2.45, 2.75) is 37.9 Å². The first-order valence-corrected chi connectivity index (χ1v) is 10.2. The average molecular weight is 396 g/mol. The van der Waals surface area contributed by atoms with Crippen molar-refractivity contribution in [2.24, 2.45) is 17.8 Å². The Labute approximate surface area is 163 Å². The Morgan fingerprint density at radius 2 is 1.86 bits per heavy atom. The maximum Gasteiger partial charge on any atom is 0.416 e. The zero-order valence-corrected chi connectivity index (χ0v) is 15.9. The van der Waals surface area contributed by atoms with Gasteiger partial charge in [-0.1, -0.05) is 18.6 Å². The highest BCUT2D eigenvalue weighted by Gasteiger charge is 2.43. The Balaban J connectivity index is 1.45. The number of carbonyl (C=O) groups is 1. The van der Waals surface area contributed by atoms with Gasteiger partial charge < -0.3 is 10.1 Å². The van der Waals surface area contributed by atoms with E-state index in [1.165, 1.54) is 25.0 Å². The molecule has 28 heavy (non-hydrogen) atoms. The van der Waals surface area contributed by atoms with Crippen molar-refractivity contribution in [2.75, 3.05) is 32.8 Å². The number of rotatable bonds is 5. The number of fused-ring (bicyclic) bond motifs is 2. The topological polar surface area (TPSA) is 41.6 Å². The highest BCUT2D eigenvalue weighted by Crippen LogP contribution is 2.48. The van der Waals surface area contributed by atoms with Gasteiger partial charge in [0.05, 0.1) is 24.8 Å². The second-order valence-electron chi connectivity index (χ2n) is 8.31. The smallest absolute Gasteiger partial charge is 0.379 e. The number of carbonyl (C=O) groups excluding carboxylic acids is 1. The summed E-state index contributed by atoms with van der Waals surface area (Å²) in [6.45, 7) is 3.01. The van der Waals surface area contributed by atoms with Crippen LogP contribution < -0.4 is 5.32 Å². The Morgan fingerprint density at radius 3 is 2.43 bits per heavy atom. The minimum atomic E-state index is -4.34. The first-order chi connectivity index (χ1) is 13.4. The van der Waals surface area contributed by atoms with Gasteiger partial charge in [0, 0.05) is 25.6 Å². The number of hydrogen-bond acceptors (Lipinski definition) is 3. The Bertz CT molecular complexity index is 686. The minimum Gasteiger partial charge on any atom is -0.379 e. The molecule has 1 heterocycles. The number of benzene rings is 1. The van der Waals surface area contributed by atoms with Crippen molar-refractivity contribution < 1.29 is 22.7 Å². The van der Waals surface area contributed by atoms with Crippen LogP contribution in [-0.2, 0) is 15.7 Å². The standard InChI is InChI=1S/C21H27F3N2O2/c22-21(23,24)17-5-3-15(4-6-17)19(26-7-9-28-10-8-26)13-25-20(27)18-12-14-1-2-16(18)11-14/h3-6,14,16,18-19H,1-2,7-13H2,(H,25,27). The van der Waals surface area contributed by atoms with E-state index in [2.05, 4.69) is 10.2 Å². The van der Waals surface area contributed by atoms with Crippen LogP contribution in [0.5, 0.6) is 0 Å². The van der Waals surface area contributed by atoms with Crippen LogP contribution in [0.3, 0.4) is 0 Å².